The molecule has 0 aromatic rings. The van der Waals surface area contributed by atoms with E-state index in [1.165, 1.54) is 0 Å². The largest absolute Gasteiger partial charge is 0.480 e. The van der Waals surface area contributed by atoms with Crippen LogP contribution in [-0.2, 0) is 9.53 Å². The van der Waals surface area contributed by atoms with Gasteiger partial charge in [0.05, 0.1) is 11.7 Å². The normalized spacial score (nSPS) is 27.6. The maximum atomic E-state index is 11.1. The van der Waals surface area contributed by atoms with Gasteiger partial charge in [-0.15, -0.1) is 0 Å². The highest BCUT2D eigenvalue weighted by Crippen LogP contribution is 2.29. The number of carboxylic acid groups (broad SMARTS) is 1. The summed E-state index contributed by atoms with van der Waals surface area (Å²) in [5, 5.41) is 12.2. The Morgan fingerprint density at radius 2 is 2.25 bits per heavy atom. The predicted octanol–water partition coefficient (Wildman–Crippen LogP) is 1.79. The summed E-state index contributed by atoms with van der Waals surface area (Å²) >= 11 is 0. The molecule has 0 aromatic heterocycles. The van der Waals surface area contributed by atoms with E-state index < -0.39 is 11.5 Å². The Morgan fingerprint density at radius 1 is 1.62 bits per heavy atom. The van der Waals surface area contributed by atoms with Crippen molar-refractivity contribution in [3.8, 4) is 0 Å². The maximum absolute atomic E-state index is 11.1. The van der Waals surface area contributed by atoms with Gasteiger partial charge >= 0.3 is 5.97 Å². The van der Waals surface area contributed by atoms with Crippen LogP contribution in [0.4, 0.5) is 0 Å². The van der Waals surface area contributed by atoms with Crippen LogP contribution in [0.15, 0.2) is 0 Å². The molecule has 1 rings (SSSR count). The van der Waals surface area contributed by atoms with Gasteiger partial charge in [-0.05, 0) is 40.0 Å². The van der Waals surface area contributed by atoms with Gasteiger partial charge < -0.3 is 9.84 Å². The van der Waals surface area contributed by atoms with Crippen molar-refractivity contribution in [2.45, 2.75) is 64.2 Å². The van der Waals surface area contributed by atoms with Crippen molar-refractivity contribution in [3.05, 3.63) is 0 Å². The third-order valence-corrected chi connectivity index (χ3v) is 3.45. The smallest absolute Gasteiger partial charge is 0.323 e. The summed E-state index contributed by atoms with van der Waals surface area (Å²) in [6.45, 7) is 8.35. The molecule has 16 heavy (non-hydrogen) atoms. The zero-order chi connectivity index (χ0) is 12.4. The van der Waals surface area contributed by atoms with E-state index in [0.717, 1.165) is 12.8 Å². The first-order chi connectivity index (χ1) is 7.29. The second kappa shape index (κ2) is 4.72. The fourth-order valence-electron chi connectivity index (χ4n) is 1.91. The van der Waals surface area contributed by atoms with Gasteiger partial charge in [-0.1, -0.05) is 6.92 Å². The van der Waals surface area contributed by atoms with E-state index in [4.69, 9.17) is 9.84 Å². The topological polar surface area (TPSA) is 58.6 Å². The van der Waals surface area contributed by atoms with Crippen LogP contribution in [0.2, 0.25) is 0 Å². The molecule has 4 heteroatoms. The third kappa shape index (κ3) is 3.19. The highest BCUT2D eigenvalue weighted by atomic mass is 16.5. The number of carboxylic acids is 1. The molecule has 0 aliphatic carbocycles. The minimum atomic E-state index is -0.837. The molecule has 1 saturated heterocycles. The summed E-state index contributed by atoms with van der Waals surface area (Å²) in [6, 6.07) is 0. The summed E-state index contributed by atoms with van der Waals surface area (Å²) in [6.07, 6.45) is 2.74. The third-order valence-electron chi connectivity index (χ3n) is 3.45. The van der Waals surface area contributed by atoms with E-state index in [1.807, 2.05) is 6.92 Å². The first kappa shape index (κ1) is 13.5. The minimum Gasteiger partial charge on any atom is -0.480 e. The van der Waals surface area contributed by atoms with Crippen molar-refractivity contribution < 1.29 is 14.6 Å². The molecule has 1 heterocycles. The van der Waals surface area contributed by atoms with Gasteiger partial charge in [-0.2, -0.15) is 0 Å². The van der Waals surface area contributed by atoms with Crippen LogP contribution in [0, 0.1) is 0 Å². The van der Waals surface area contributed by atoms with Crippen molar-refractivity contribution in [1.29, 1.82) is 0 Å². The summed E-state index contributed by atoms with van der Waals surface area (Å²) in [5.74, 6) is -0.799. The van der Waals surface area contributed by atoms with E-state index in [2.05, 4.69) is 19.2 Å². The Kier molecular flexibility index (Phi) is 3.97. The molecule has 0 radical (unpaired) electrons. The lowest BCUT2D eigenvalue weighted by atomic mass is 9.99. The molecule has 1 aliphatic heterocycles. The Labute approximate surface area is 97.4 Å². The first-order valence-corrected chi connectivity index (χ1v) is 5.95. The number of hydrogen-bond donors (Lipinski definition) is 2. The number of ether oxygens (including phenoxy) is 1. The van der Waals surface area contributed by atoms with Crippen molar-refractivity contribution in [2.24, 2.45) is 0 Å². The molecule has 4 nitrogen and oxygen atoms in total. The molecule has 0 amide bonds. The van der Waals surface area contributed by atoms with Crippen molar-refractivity contribution >= 4 is 5.97 Å². The van der Waals surface area contributed by atoms with Crippen molar-refractivity contribution in [2.75, 3.05) is 6.54 Å². The highest BCUT2D eigenvalue weighted by molar-refractivity contribution is 5.78. The van der Waals surface area contributed by atoms with Crippen molar-refractivity contribution in [3.63, 3.8) is 0 Å². The number of aliphatic carboxylic acids is 1. The van der Waals surface area contributed by atoms with Gasteiger partial charge in [0.2, 0.25) is 0 Å². The lowest BCUT2D eigenvalue weighted by Gasteiger charge is -2.27. The molecule has 1 fully saturated rings. The van der Waals surface area contributed by atoms with E-state index in [1.54, 1.807) is 6.92 Å². The quantitative estimate of drug-likeness (QED) is 0.754. The lowest BCUT2D eigenvalue weighted by Crippen LogP contribution is -2.51. The Morgan fingerprint density at radius 3 is 2.62 bits per heavy atom. The number of nitrogens with one attached hydrogen (secondary N) is 1. The summed E-state index contributed by atoms with van der Waals surface area (Å²) < 4.78 is 5.81. The summed E-state index contributed by atoms with van der Waals surface area (Å²) in [5.41, 5.74) is -0.895. The molecule has 2 atom stereocenters. The average Bonchev–Trinajstić information content (AvgIpc) is 2.54. The molecular formula is C12H23NO3. The second-order valence-corrected chi connectivity index (χ2v) is 5.41. The van der Waals surface area contributed by atoms with E-state index in [-0.39, 0.29) is 11.7 Å². The molecule has 2 unspecified atom stereocenters. The fraction of sp³-hybridized carbons (Fsp3) is 0.917. The van der Waals surface area contributed by atoms with Gasteiger partial charge in [-0.25, -0.2) is 0 Å². The zero-order valence-electron chi connectivity index (χ0n) is 10.7. The number of carbonyl (C=O) groups is 1. The fourth-order valence-corrected chi connectivity index (χ4v) is 1.91. The van der Waals surface area contributed by atoms with Crippen LogP contribution in [0.25, 0.3) is 0 Å². The lowest BCUT2D eigenvalue weighted by molar-refractivity contribution is -0.144. The standard InChI is InChI=1S/C12H23NO3/c1-5-12(4,10(14)15)13-8-9-6-7-11(2,3)16-9/h9,13H,5-8H2,1-4H3,(H,14,15). The maximum Gasteiger partial charge on any atom is 0.323 e. The van der Waals surface area contributed by atoms with Crippen LogP contribution in [0.5, 0.6) is 0 Å². The molecule has 0 saturated carbocycles. The number of rotatable bonds is 5. The van der Waals surface area contributed by atoms with Crippen LogP contribution in [0.3, 0.4) is 0 Å². The minimum absolute atomic E-state index is 0.0574. The van der Waals surface area contributed by atoms with Crippen LogP contribution < -0.4 is 5.32 Å². The molecule has 2 N–H and O–H groups in total. The molecule has 1 aliphatic rings. The summed E-state index contributed by atoms with van der Waals surface area (Å²) in [4.78, 5) is 11.1. The van der Waals surface area contributed by atoms with E-state index in [0.29, 0.717) is 13.0 Å². The highest BCUT2D eigenvalue weighted by Gasteiger charge is 2.35. The Balaban J connectivity index is 2.43. The molecule has 94 valence electrons. The Hall–Kier alpha value is -0.610. The average molecular weight is 229 g/mol. The second-order valence-electron chi connectivity index (χ2n) is 5.41. The van der Waals surface area contributed by atoms with Crippen molar-refractivity contribution in [1.82, 2.24) is 5.32 Å². The molecular weight excluding hydrogens is 206 g/mol. The van der Waals surface area contributed by atoms with Gasteiger partial charge in [0, 0.05) is 6.54 Å². The zero-order valence-corrected chi connectivity index (χ0v) is 10.7. The molecule has 0 bridgehead atoms. The van der Waals surface area contributed by atoms with E-state index in [9.17, 15) is 4.79 Å². The number of hydrogen-bond acceptors (Lipinski definition) is 3. The van der Waals surface area contributed by atoms with E-state index >= 15 is 0 Å². The van der Waals surface area contributed by atoms with Gasteiger partial charge in [0.1, 0.15) is 5.54 Å². The monoisotopic (exact) mass is 229 g/mol. The van der Waals surface area contributed by atoms with Gasteiger partial charge in [0.25, 0.3) is 0 Å². The van der Waals surface area contributed by atoms with Gasteiger partial charge in [-0.3, -0.25) is 10.1 Å². The van der Waals surface area contributed by atoms with Crippen LogP contribution in [0.1, 0.15) is 47.0 Å². The first-order valence-electron chi connectivity index (χ1n) is 5.95. The Bertz CT molecular complexity index is 265. The SMILES string of the molecule is CCC(C)(NCC1CCC(C)(C)O1)C(=O)O. The summed E-state index contributed by atoms with van der Waals surface area (Å²) in [7, 11) is 0. The molecule has 0 aromatic carbocycles. The van der Waals surface area contributed by atoms with Crippen LogP contribution >= 0.6 is 0 Å². The predicted molar refractivity (Wildman–Crippen MR) is 62.5 cm³/mol. The van der Waals surface area contributed by atoms with Gasteiger partial charge in [0.15, 0.2) is 0 Å². The van der Waals surface area contributed by atoms with Crippen LogP contribution in [-0.4, -0.2) is 34.9 Å². The molecule has 0 spiro atoms.